The highest BCUT2D eigenvalue weighted by molar-refractivity contribution is 7.89. The minimum atomic E-state index is -3.69. The number of carbonyl (C=O) groups is 1. The fourth-order valence-electron chi connectivity index (χ4n) is 3.14. The van der Waals surface area contributed by atoms with Gasteiger partial charge in [0.05, 0.1) is 4.90 Å². The van der Waals surface area contributed by atoms with Gasteiger partial charge in [0, 0.05) is 19.5 Å². The highest BCUT2D eigenvalue weighted by Gasteiger charge is 2.42. The van der Waals surface area contributed by atoms with E-state index in [1.54, 1.807) is 36.1 Å². The average molecular weight is 358 g/mol. The van der Waals surface area contributed by atoms with E-state index in [0.29, 0.717) is 19.5 Å². The summed E-state index contributed by atoms with van der Waals surface area (Å²) in [5, 5.41) is 0. The molecule has 1 saturated heterocycles. The molecule has 0 aromatic heterocycles. The van der Waals surface area contributed by atoms with Crippen LogP contribution >= 0.6 is 0 Å². The molecule has 2 aromatic carbocycles. The van der Waals surface area contributed by atoms with Crippen LogP contribution in [0.2, 0.25) is 0 Å². The number of amides is 1. The van der Waals surface area contributed by atoms with Crippen LogP contribution in [0.15, 0.2) is 59.5 Å². The van der Waals surface area contributed by atoms with Crippen LogP contribution in [0.25, 0.3) is 0 Å². The summed E-state index contributed by atoms with van der Waals surface area (Å²) in [6.07, 6.45) is -0.248. The van der Waals surface area contributed by atoms with Crippen LogP contribution in [0, 0.1) is 6.92 Å². The molecule has 25 heavy (non-hydrogen) atoms. The molecule has 2 aromatic rings. The Hall–Kier alpha value is -2.18. The lowest BCUT2D eigenvalue weighted by atomic mass is 10.1. The molecule has 1 atom stereocenters. The summed E-state index contributed by atoms with van der Waals surface area (Å²) < 4.78 is 27.8. The Morgan fingerprint density at radius 1 is 1.04 bits per heavy atom. The van der Waals surface area contributed by atoms with E-state index in [1.807, 2.05) is 37.3 Å². The van der Waals surface area contributed by atoms with Gasteiger partial charge in [-0.1, -0.05) is 55.0 Å². The zero-order valence-corrected chi connectivity index (χ0v) is 15.2. The van der Waals surface area contributed by atoms with E-state index < -0.39 is 16.2 Å². The fraction of sp³-hybridized carbons (Fsp3) is 0.316. The number of sulfonamides is 1. The van der Waals surface area contributed by atoms with Crippen molar-refractivity contribution in [3.63, 3.8) is 0 Å². The highest BCUT2D eigenvalue weighted by atomic mass is 32.2. The standard InChI is InChI=1S/C19H22N2O3S/c1-3-18(22)20-13-14-21(19(20)16-7-5-4-6-8-16)25(23,24)17-11-9-15(2)10-12-17/h4-12,19H,3,13-14H2,1-2H3/t19-/m1/s1. The van der Waals surface area contributed by atoms with Gasteiger partial charge in [-0.15, -0.1) is 0 Å². The average Bonchev–Trinajstić information content (AvgIpc) is 3.08. The third-order valence-electron chi connectivity index (χ3n) is 4.48. The second kappa shape index (κ2) is 6.98. The molecule has 0 bridgehead atoms. The Morgan fingerprint density at radius 3 is 2.28 bits per heavy atom. The molecule has 6 heteroatoms. The molecular weight excluding hydrogens is 336 g/mol. The van der Waals surface area contributed by atoms with Crippen molar-refractivity contribution in [1.29, 1.82) is 0 Å². The molecule has 0 aliphatic carbocycles. The van der Waals surface area contributed by atoms with Gasteiger partial charge in [-0.25, -0.2) is 8.42 Å². The smallest absolute Gasteiger partial charge is 0.245 e. The van der Waals surface area contributed by atoms with Crippen LogP contribution in [0.5, 0.6) is 0 Å². The molecule has 3 rings (SSSR count). The highest BCUT2D eigenvalue weighted by Crippen LogP contribution is 2.35. The SMILES string of the molecule is CCC(=O)N1CCN(S(=O)(=O)c2ccc(C)cc2)[C@@H]1c1ccccc1. The van der Waals surface area contributed by atoms with Crippen LogP contribution in [-0.2, 0) is 14.8 Å². The second-order valence-electron chi connectivity index (χ2n) is 6.15. The number of benzene rings is 2. The molecule has 1 heterocycles. The predicted molar refractivity (Wildman–Crippen MR) is 96.3 cm³/mol. The summed E-state index contributed by atoms with van der Waals surface area (Å²) in [5.41, 5.74) is 1.81. The predicted octanol–water partition coefficient (Wildman–Crippen LogP) is 2.94. The number of hydrogen-bond donors (Lipinski definition) is 0. The molecule has 0 radical (unpaired) electrons. The zero-order chi connectivity index (χ0) is 18.0. The van der Waals surface area contributed by atoms with E-state index in [0.717, 1.165) is 11.1 Å². The summed E-state index contributed by atoms with van der Waals surface area (Å²) in [4.78, 5) is 14.3. The Kier molecular flexibility index (Phi) is 4.92. The van der Waals surface area contributed by atoms with E-state index in [4.69, 9.17) is 0 Å². The summed E-state index contributed by atoms with van der Waals surface area (Å²) in [7, 11) is -3.69. The Balaban J connectivity index is 2.04. The van der Waals surface area contributed by atoms with Crippen LogP contribution in [0.1, 0.15) is 30.6 Å². The van der Waals surface area contributed by atoms with E-state index in [1.165, 1.54) is 4.31 Å². The molecule has 0 N–H and O–H groups in total. The first-order valence-corrected chi connectivity index (χ1v) is 9.82. The van der Waals surface area contributed by atoms with Crippen molar-refractivity contribution in [2.45, 2.75) is 31.3 Å². The van der Waals surface area contributed by atoms with Crippen molar-refractivity contribution in [3.8, 4) is 0 Å². The fourth-order valence-corrected chi connectivity index (χ4v) is 4.71. The van der Waals surface area contributed by atoms with Crippen LogP contribution in [-0.4, -0.2) is 36.6 Å². The Morgan fingerprint density at radius 2 is 1.68 bits per heavy atom. The summed E-state index contributed by atoms with van der Waals surface area (Å²) in [6, 6.07) is 16.1. The van der Waals surface area contributed by atoms with Gasteiger partial charge in [0.25, 0.3) is 0 Å². The Labute approximate surface area is 148 Å². The van der Waals surface area contributed by atoms with Gasteiger partial charge in [0.2, 0.25) is 15.9 Å². The molecular formula is C19H22N2O3S. The summed E-state index contributed by atoms with van der Waals surface area (Å²) in [6.45, 7) is 4.40. The molecule has 5 nitrogen and oxygen atoms in total. The quantitative estimate of drug-likeness (QED) is 0.844. The minimum absolute atomic E-state index is 0.0459. The van der Waals surface area contributed by atoms with Crippen molar-refractivity contribution in [1.82, 2.24) is 9.21 Å². The van der Waals surface area contributed by atoms with Crippen LogP contribution in [0.3, 0.4) is 0 Å². The third kappa shape index (κ3) is 3.32. The van der Waals surface area contributed by atoms with Crippen molar-refractivity contribution >= 4 is 15.9 Å². The molecule has 0 saturated carbocycles. The van der Waals surface area contributed by atoms with Gasteiger partial charge in [0.1, 0.15) is 6.17 Å². The first kappa shape index (κ1) is 17.6. The van der Waals surface area contributed by atoms with Gasteiger partial charge >= 0.3 is 0 Å². The van der Waals surface area contributed by atoms with Crippen molar-refractivity contribution in [3.05, 3.63) is 65.7 Å². The van der Waals surface area contributed by atoms with Crippen molar-refractivity contribution in [2.24, 2.45) is 0 Å². The maximum absolute atomic E-state index is 13.2. The number of nitrogens with zero attached hydrogens (tertiary/aromatic N) is 2. The summed E-state index contributed by atoms with van der Waals surface area (Å²) in [5.74, 6) is -0.0459. The molecule has 1 aliphatic rings. The van der Waals surface area contributed by atoms with Gasteiger partial charge in [0.15, 0.2) is 0 Å². The largest absolute Gasteiger partial charge is 0.320 e. The van der Waals surface area contributed by atoms with E-state index >= 15 is 0 Å². The number of hydrogen-bond acceptors (Lipinski definition) is 3. The van der Waals surface area contributed by atoms with Crippen molar-refractivity contribution in [2.75, 3.05) is 13.1 Å². The van der Waals surface area contributed by atoms with E-state index in [-0.39, 0.29) is 10.8 Å². The van der Waals surface area contributed by atoms with Gasteiger partial charge in [-0.2, -0.15) is 4.31 Å². The summed E-state index contributed by atoms with van der Waals surface area (Å²) >= 11 is 0. The van der Waals surface area contributed by atoms with Crippen LogP contribution in [0.4, 0.5) is 0 Å². The first-order valence-electron chi connectivity index (χ1n) is 8.38. The molecule has 1 amide bonds. The lowest BCUT2D eigenvalue weighted by Gasteiger charge is -2.30. The minimum Gasteiger partial charge on any atom is -0.320 e. The van der Waals surface area contributed by atoms with Gasteiger partial charge in [-0.05, 0) is 24.6 Å². The lowest BCUT2D eigenvalue weighted by Crippen LogP contribution is -2.37. The molecule has 1 fully saturated rings. The maximum atomic E-state index is 13.2. The zero-order valence-electron chi connectivity index (χ0n) is 14.4. The molecule has 0 unspecified atom stereocenters. The second-order valence-corrected chi connectivity index (χ2v) is 8.04. The monoisotopic (exact) mass is 358 g/mol. The first-order chi connectivity index (χ1) is 11.9. The van der Waals surface area contributed by atoms with E-state index in [2.05, 4.69) is 0 Å². The maximum Gasteiger partial charge on any atom is 0.245 e. The number of aryl methyl sites for hydroxylation is 1. The topological polar surface area (TPSA) is 57.7 Å². The van der Waals surface area contributed by atoms with Gasteiger partial charge in [-0.3, -0.25) is 4.79 Å². The Bertz CT molecular complexity index is 848. The normalized spacial score (nSPS) is 18.5. The van der Waals surface area contributed by atoms with Gasteiger partial charge < -0.3 is 4.90 Å². The lowest BCUT2D eigenvalue weighted by molar-refractivity contribution is -0.132. The number of carbonyl (C=O) groups excluding carboxylic acids is 1. The molecule has 0 spiro atoms. The van der Waals surface area contributed by atoms with Crippen LogP contribution < -0.4 is 0 Å². The van der Waals surface area contributed by atoms with E-state index in [9.17, 15) is 13.2 Å². The molecule has 132 valence electrons. The molecule has 1 aliphatic heterocycles. The number of rotatable bonds is 4. The third-order valence-corrected chi connectivity index (χ3v) is 6.34. The van der Waals surface area contributed by atoms with Crippen molar-refractivity contribution < 1.29 is 13.2 Å².